The van der Waals surface area contributed by atoms with Gasteiger partial charge >= 0.3 is 0 Å². The summed E-state index contributed by atoms with van der Waals surface area (Å²) >= 11 is 0. The first kappa shape index (κ1) is 24.6. The third-order valence-corrected chi connectivity index (χ3v) is 7.07. The van der Waals surface area contributed by atoms with Crippen LogP contribution < -0.4 is 10.2 Å². The van der Waals surface area contributed by atoms with Crippen LogP contribution in [0.25, 0.3) is 0 Å². The van der Waals surface area contributed by atoms with E-state index >= 15 is 0 Å². The van der Waals surface area contributed by atoms with Crippen LogP contribution in [0.3, 0.4) is 0 Å². The van der Waals surface area contributed by atoms with Crippen molar-refractivity contribution in [1.29, 1.82) is 0 Å². The maximum atomic E-state index is 13.5. The molecule has 2 aliphatic rings. The number of hydrogen-bond donors (Lipinski definition) is 1. The summed E-state index contributed by atoms with van der Waals surface area (Å²) in [6.45, 7) is 5.86. The minimum atomic E-state index is -0.297. The molecule has 0 saturated carbocycles. The standard InChI is InChI=1S/C29H31N5O3/c1-2-33(19-18-32-17-15-21-8-3-4-9-22(21)20-32)26(35)13-14-27(36)34-25-12-6-5-10-23(25)29(37)31-24-11-7-16-30-28(24)34/h3-12,16H,2,13-15,17-20H2,1H3,(H,31,37). The largest absolute Gasteiger partial charge is 0.342 e. The van der Waals surface area contributed by atoms with Gasteiger partial charge in [0.25, 0.3) is 5.91 Å². The summed E-state index contributed by atoms with van der Waals surface area (Å²) in [5, 5.41) is 2.83. The van der Waals surface area contributed by atoms with Crippen LogP contribution >= 0.6 is 0 Å². The van der Waals surface area contributed by atoms with E-state index in [1.54, 1.807) is 42.6 Å². The van der Waals surface area contributed by atoms with Gasteiger partial charge in [0.15, 0.2) is 5.82 Å². The van der Waals surface area contributed by atoms with Crippen LogP contribution in [-0.2, 0) is 22.6 Å². The predicted octanol–water partition coefficient (Wildman–Crippen LogP) is 4.00. The summed E-state index contributed by atoms with van der Waals surface area (Å²) in [5.41, 5.74) is 4.07. The van der Waals surface area contributed by atoms with Gasteiger partial charge in [-0.25, -0.2) is 4.98 Å². The van der Waals surface area contributed by atoms with Crippen LogP contribution in [-0.4, -0.2) is 58.7 Å². The highest BCUT2D eigenvalue weighted by atomic mass is 16.2. The molecule has 1 N–H and O–H groups in total. The summed E-state index contributed by atoms with van der Waals surface area (Å²) in [6.07, 6.45) is 2.72. The van der Waals surface area contributed by atoms with Gasteiger partial charge in [-0.05, 0) is 48.7 Å². The van der Waals surface area contributed by atoms with E-state index in [9.17, 15) is 14.4 Å². The van der Waals surface area contributed by atoms with Crippen LogP contribution in [0.5, 0.6) is 0 Å². The summed E-state index contributed by atoms with van der Waals surface area (Å²) < 4.78 is 0. The molecule has 0 saturated heterocycles. The minimum Gasteiger partial charge on any atom is -0.342 e. The van der Waals surface area contributed by atoms with E-state index in [-0.39, 0.29) is 30.6 Å². The second-order valence-electron chi connectivity index (χ2n) is 9.34. The lowest BCUT2D eigenvalue weighted by Gasteiger charge is -2.31. The first-order chi connectivity index (χ1) is 18.0. The van der Waals surface area contributed by atoms with Gasteiger partial charge in [0.1, 0.15) is 0 Å². The van der Waals surface area contributed by atoms with E-state index in [0.717, 1.165) is 26.1 Å². The van der Waals surface area contributed by atoms with Gasteiger partial charge in [0.05, 0.1) is 16.9 Å². The summed E-state index contributed by atoms with van der Waals surface area (Å²) in [6, 6.07) is 18.9. The number of anilines is 3. The Morgan fingerprint density at radius 3 is 2.62 bits per heavy atom. The van der Waals surface area contributed by atoms with Gasteiger partial charge in [-0.15, -0.1) is 0 Å². The van der Waals surface area contributed by atoms with Crippen molar-refractivity contribution in [3.63, 3.8) is 0 Å². The quantitative estimate of drug-likeness (QED) is 0.533. The number of fused-ring (bicyclic) bond motifs is 3. The highest BCUT2D eigenvalue weighted by Crippen LogP contribution is 2.36. The van der Waals surface area contributed by atoms with Crippen molar-refractivity contribution < 1.29 is 14.4 Å². The SMILES string of the molecule is CCN(CCN1CCc2ccccc2C1)C(=O)CCC(=O)N1c2ccccc2C(=O)Nc2cccnc21. The molecule has 0 atom stereocenters. The number of para-hydroxylation sites is 1. The van der Waals surface area contributed by atoms with E-state index in [1.807, 2.05) is 11.8 Å². The monoisotopic (exact) mass is 497 g/mol. The van der Waals surface area contributed by atoms with Crippen molar-refractivity contribution in [2.24, 2.45) is 0 Å². The smallest absolute Gasteiger partial charge is 0.257 e. The van der Waals surface area contributed by atoms with Gasteiger partial charge in [0, 0.05) is 51.8 Å². The lowest BCUT2D eigenvalue weighted by Crippen LogP contribution is -2.40. The highest BCUT2D eigenvalue weighted by molar-refractivity contribution is 6.17. The first-order valence-corrected chi connectivity index (χ1v) is 12.8. The van der Waals surface area contributed by atoms with Crippen molar-refractivity contribution >= 4 is 34.9 Å². The second kappa shape index (κ2) is 10.9. The number of nitrogens with one attached hydrogen (secondary N) is 1. The summed E-state index contributed by atoms with van der Waals surface area (Å²) in [5.74, 6) is -0.266. The normalized spacial score (nSPS) is 14.6. The Hall–Kier alpha value is -4.04. The number of likely N-dealkylation sites (N-methyl/N-ethyl adjacent to an activating group) is 1. The lowest BCUT2D eigenvalue weighted by molar-refractivity contribution is -0.133. The number of hydrogen-bond acceptors (Lipinski definition) is 5. The molecule has 190 valence electrons. The van der Waals surface area contributed by atoms with Gasteiger partial charge in [-0.1, -0.05) is 36.4 Å². The number of amides is 3. The first-order valence-electron chi connectivity index (χ1n) is 12.8. The molecule has 8 heteroatoms. The molecule has 0 unspecified atom stereocenters. The van der Waals surface area contributed by atoms with Crippen molar-refractivity contribution in [2.75, 3.05) is 36.4 Å². The summed E-state index contributed by atoms with van der Waals surface area (Å²) in [7, 11) is 0. The van der Waals surface area contributed by atoms with Crippen molar-refractivity contribution in [1.82, 2.24) is 14.8 Å². The number of pyridine rings is 1. The lowest BCUT2D eigenvalue weighted by atomic mass is 10.00. The Morgan fingerprint density at radius 2 is 1.78 bits per heavy atom. The zero-order chi connectivity index (χ0) is 25.8. The number of nitrogens with zero attached hydrogens (tertiary/aromatic N) is 4. The fourth-order valence-corrected chi connectivity index (χ4v) is 5.04. The Labute approximate surface area is 216 Å². The molecule has 37 heavy (non-hydrogen) atoms. The van der Waals surface area contributed by atoms with E-state index in [1.165, 1.54) is 16.0 Å². The van der Waals surface area contributed by atoms with Crippen LogP contribution in [0.4, 0.5) is 17.2 Å². The van der Waals surface area contributed by atoms with E-state index < -0.39 is 0 Å². The van der Waals surface area contributed by atoms with Crippen molar-refractivity contribution in [3.8, 4) is 0 Å². The Morgan fingerprint density at radius 1 is 1.00 bits per heavy atom. The molecule has 3 amide bonds. The molecule has 8 nitrogen and oxygen atoms in total. The Bertz CT molecular complexity index is 1320. The fraction of sp³-hybridized carbons (Fsp3) is 0.310. The van der Waals surface area contributed by atoms with Gasteiger partial charge in [-0.3, -0.25) is 24.2 Å². The van der Waals surface area contributed by atoms with Crippen molar-refractivity contribution in [3.05, 3.63) is 83.6 Å². The molecule has 3 aromatic rings. The maximum Gasteiger partial charge on any atom is 0.257 e. The number of carbonyl (C=O) groups excluding carboxylic acids is 3. The third kappa shape index (κ3) is 5.24. The Balaban J connectivity index is 1.24. The molecule has 0 radical (unpaired) electrons. The third-order valence-electron chi connectivity index (χ3n) is 7.07. The molecule has 0 spiro atoms. The number of carbonyl (C=O) groups is 3. The molecule has 0 fully saturated rings. The minimum absolute atomic E-state index is 0.0188. The molecule has 1 aromatic heterocycles. The topological polar surface area (TPSA) is 85.9 Å². The molecule has 0 aliphatic carbocycles. The molecule has 5 rings (SSSR count). The van der Waals surface area contributed by atoms with E-state index in [4.69, 9.17) is 0 Å². The summed E-state index contributed by atoms with van der Waals surface area (Å²) in [4.78, 5) is 49.4. The average Bonchev–Trinajstić information content (AvgIpc) is 3.05. The molecule has 3 heterocycles. The molecular formula is C29H31N5O3. The van der Waals surface area contributed by atoms with Gasteiger partial charge < -0.3 is 10.2 Å². The van der Waals surface area contributed by atoms with Crippen LogP contribution in [0.1, 0.15) is 41.3 Å². The average molecular weight is 498 g/mol. The fourth-order valence-electron chi connectivity index (χ4n) is 5.04. The highest BCUT2D eigenvalue weighted by Gasteiger charge is 2.30. The van der Waals surface area contributed by atoms with E-state index in [0.29, 0.717) is 35.8 Å². The molecule has 2 aromatic carbocycles. The zero-order valence-electron chi connectivity index (χ0n) is 21.0. The number of benzene rings is 2. The van der Waals surface area contributed by atoms with Crippen LogP contribution in [0.2, 0.25) is 0 Å². The van der Waals surface area contributed by atoms with Gasteiger partial charge in [-0.2, -0.15) is 0 Å². The van der Waals surface area contributed by atoms with E-state index in [2.05, 4.69) is 39.5 Å². The van der Waals surface area contributed by atoms with Crippen molar-refractivity contribution in [2.45, 2.75) is 32.7 Å². The molecular weight excluding hydrogens is 466 g/mol. The van der Waals surface area contributed by atoms with Crippen LogP contribution in [0.15, 0.2) is 66.9 Å². The number of rotatable bonds is 7. The maximum absolute atomic E-state index is 13.5. The zero-order valence-corrected chi connectivity index (χ0v) is 21.0. The number of aromatic nitrogens is 1. The molecule has 0 bridgehead atoms. The second-order valence-corrected chi connectivity index (χ2v) is 9.34. The predicted molar refractivity (Wildman–Crippen MR) is 143 cm³/mol. The van der Waals surface area contributed by atoms with Gasteiger partial charge in [0.2, 0.25) is 11.8 Å². The van der Waals surface area contributed by atoms with Crippen LogP contribution in [0, 0.1) is 0 Å². The Kier molecular flexibility index (Phi) is 7.28. The molecule has 2 aliphatic heterocycles.